The molecule has 0 atom stereocenters. The molecule has 4 aromatic rings. The van der Waals surface area contributed by atoms with Crippen LogP contribution in [0.3, 0.4) is 0 Å². The van der Waals surface area contributed by atoms with Crippen molar-refractivity contribution in [3.05, 3.63) is 48.5 Å². The van der Waals surface area contributed by atoms with Crippen LogP contribution in [-0.4, -0.2) is 11.8 Å². The third-order valence-corrected chi connectivity index (χ3v) is 15.5. The van der Waals surface area contributed by atoms with E-state index in [1.807, 2.05) is 40.5 Å². The Kier molecular flexibility index (Phi) is 8.73. The first kappa shape index (κ1) is 24.4. The molecule has 164 valence electrons. The van der Waals surface area contributed by atoms with Crippen molar-refractivity contribution in [1.29, 1.82) is 0 Å². The van der Waals surface area contributed by atoms with Crippen LogP contribution >= 0.6 is 90.3 Å². The molecule has 9 heteroatoms. The van der Waals surface area contributed by atoms with Gasteiger partial charge < -0.3 is 0 Å². The maximum absolute atomic E-state index is 6.16. The van der Waals surface area contributed by atoms with Crippen molar-refractivity contribution in [3.8, 4) is 29.3 Å². The maximum Gasteiger partial charge on any atom is 0.383 e. The lowest BCUT2D eigenvalue weighted by molar-refractivity contribution is 0.706. The molecule has 0 aromatic carbocycles. The first-order valence-electron chi connectivity index (χ1n) is 10.0. The molecule has 0 bridgehead atoms. The number of thioether (sulfide) groups is 1. The van der Waals surface area contributed by atoms with Gasteiger partial charge in [-0.15, -0.1) is 90.3 Å². The van der Waals surface area contributed by atoms with Gasteiger partial charge in [0.05, 0.1) is 4.21 Å². The molecule has 0 N–H and O–H groups in total. The van der Waals surface area contributed by atoms with E-state index in [1.54, 1.807) is 22.7 Å². The number of halogens is 3. The molecule has 0 unspecified atom stereocenters. The van der Waals surface area contributed by atoms with Crippen LogP contribution in [0.25, 0.3) is 29.3 Å². The molecule has 0 aliphatic rings. The Morgan fingerprint density at radius 1 is 0.645 bits per heavy atom. The molecule has 0 radical (unpaired) electrons. The summed E-state index contributed by atoms with van der Waals surface area (Å²) in [6, 6.07) is 14.6. The van der Waals surface area contributed by atoms with Gasteiger partial charge in [0, 0.05) is 33.8 Å². The third kappa shape index (κ3) is 6.43. The number of unbranched alkanes of at least 4 members (excludes halogenated alkanes) is 3. The zero-order valence-corrected chi connectivity index (χ0v) is 24.2. The van der Waals surface area contributed by atoms with E-state index in [4.69, 9.17) is 33.2 Å². The van der Waals surface area contributed by atoms with Crippen LogP contribution in [-0.2, 0) is 0 Å². The summed E-state index contributed by atoms with van der Waals surface area (Å²) in [6.07, 6.45) is 5.30. The Labute approximate surface area is 219 Å². The molecule has 0 nitrogen and oxygen atoms in total. The first-order chi connectivity index (χ1) is 14.9. The first-order valence-corrected chi connectivity index (χ1v) is 19.3. The number of hydrogen-bond donors (Lipinski definition) is 0. The minimum atomic E-state index is -2.81. The van der Waals surface area contributed by atoms with Crippen LogP contribution in [0, 0.1) is 0 Å². The smallest absolute Gasteiger partial charge is 0.140 e. The van der Waals surface area contributed by atoms with Crippen molar-refractivity contribution in [2.24, 2.45) is 0 Å². The van der Waals surface area contributed by atoms with Crippen molar-refractivity contribution in [1.82, 2.24) is 0 Å². The number of rotatable bonds is 10. The molecule has 0 saturated carbocycles. The van der Waals surface area contributed by atoms with E-state index in [2.05, 4.69) is 49.4 Å². The summed E-state index contributed by atoms with van der Waals surface area (Å²) < 4.78 is 2.31. The second-order valence-corrected chi connectivity index (χ2v) is 21.5. The molecular formula is C22H21Cl3S5Si. The Balaban J connectivity index is 1.42. The average molecular weight is 580 g/mol. The summed E-state index contributed by atoms with van der Waals surface area (Å²) in [5.74, 6) is 1.22. The van der Waals surface area contributed by atoms with E-state index in [9.17, 15) is 0 Å². The summed E-state index contributed by atoms with van der Waals surface area (Å²) in [7, 11) is 0. The highest BCUT2D eigenvalue weighted by Gasteiger charge is 2.30. The second-order valence-electron chi connectivity index (χ2n) is 7.02. The highest BCUT2D eigenvalue weighted by molar-refractivity contribution is 8.01. The minimum absolute atomic E-state index is 0.887. The van der Waals surface area contributed by atoms with Gasteiger partial charge in [-0.05, 0) is 60.7 Å². The zero-order chi connectivity index (χ0) is 21.8. The molecular weight excluding hydrogens is 559 g/mol. The van der Waals surface area contributed by atoms with Gasteiger partial charge in [-0.1, -0.05) is 26.2 Å². The van der Waals surface area contributed by atoms with Gasteiger partial charge in [-0.25, -0.2) is 0 Å². The molecule has 4 rings (SSSR count). The fraction of sp³-hybridized carbons (Fsp3) is 0.273. The van der Waals surface area contributed by atoms with Crippen molar-refractivity contribution in [2.45, 2.75) is 36.8 Å². The quantitative estimate of drug-likeness (QED) is 0.0779. The molecule has 4 aromatic heterocycles. The van der Waals surface area contributed by atoms with Crippen LogP contribution in [0.2, 0.25) is 0 Å². The lowest BCUT2D eigenvalue weighted by Crippen LogP contribution is -2.26. The predicted molar refractivity (Wildman–Crippen MR) is 152 cm³/mol. The normalized spacial score (nSPS) is 12.0. The van der Waals surface area contributed by atoms with Gasteiger partial charge in [0.2, 0.25) is 0 Å². The largest absolute Gasteiger partial charge is 0.383 e. The summed E-state index contributed by atoms with van der Waals surface area (Å²) >= 11 is 27.6. The third-order valence-electron chi connectivity index (χ3n) is 4.65. The highest BCUT2D eigenvalue weighted by Crippen LogP contribution is 2.43. The Bertz CT molecular complexity index is 1120. The predicted octanol–water partition coefficient (Wildman–Crippen LogP) is 10.5. The zero-order valence-electron chi connectivity index (χ0n) is 16.8. The van der Waals surface area contributed by atoms with Crippen molar-refractivity contribution in [2.75, 3.05) is 5.75 Å². The number of thiophene rings is 4. The van der Waals surface area contributed by atoms with Gasteiger partial charge in [-0.2, -0.15) is 0 Å². The molecule has 0 amide bonds. The Hall–Kier alpha value is 0.237. The Morgan fingerprint density at radius 3 is 1.71 bits per heavy atom. The summed E-state index contributed by atoms with van der Waals surface area (Å²) in [4.78, 5) is 7.69. The lowest BCUT2D eigenvalue weighted by atomic mass is 10.2. The van der Waals surface area contributed by atoms with Gasteiger partial charge in [0.15, 0.2) is 0 Å². The van der Waals surface area contributed by atoms with Crippen LogP contribution in [0.1, 0.15) is 32.6 Å². The fourth-order valence-electron chi connectivity index (χ4n) is 3.06. The summed E-state index contributed by atoms with van der Waals surface area (Å²) in [5, 5.41) is 0. The minimum Gasteiger partial charge on any atom is -0.140 e. The SMILES string of the molecule is CCCCCCSc1ccc(-c2ccc(-c3ccc(-c4ccc([Si](Cl)(Cl)Cl)s4)s3)s2)s1. The topological polar surface area (TPSA) is 0 Å². The average Bonchev–Trinajstić information content (AvgIpc) is 3.53. The lowest BCUT2D eigenvalue weighted by Gasteiger charge is -2.02. The Morgan fingerprint density at radius 2 is 1.16 bits per heavy atom. The van der Waals surface area contributed by atoms with Gasteiger partial charge >= 0.3 is 6.00 Å². The highest BCUT2D eigenvalue weighted by atomic mass is 35.8. The van der Waals surface area contributed by atoms with Crippen molar-refractivity contribution >= 4 is 101 Å². The molecule has 0 saturated heterocycles. The van der Waals surface area contributed by atoms with Crippen LogP contribution in [0.15, 0.2) is 52.7 Å². The van der Waals surface area contributed by atoms with E-state index in [0.29, 0.717) is 0 Å². The van der Waals surface area contributed by atoms with E-state index in [1.165, 1.54) is 64.9 Å². The molecule has 4 heterocycles. The van der Waals surface area contributed by atoms with Gasteiger partial charge in [0.25, 0.3) is 0 Å². The molecule has 0 aliphatic heterocycles. The summed E-state index contributed by atoms with van der Waals surface area (Å²) in [5.41, 5.74) is 0. The molecule has 0 fully saturated rings. The number of hydrogen-bond acceptors (Lipinski definition) is 5. The van der Waals surface area contributed by atoms with Crippen molar-refractivity contribution in [3.63, 3.8) is 0 Å². The van der Waals surface area contributed by atoms with E-state index < -0.39 is 6.00 Å². The monoisotopic (exact) mass is 578 g/mol. The molecule has 31 heavy (non-hydrogen) atoms. The molecule has 0 aliphatic carbocycles. The van der Waals surface area contributed by atoms with E-state index >= 15 is 0 Å². The standard InChI is InChI=1S/C22H21Cl3S5Si/c1-2-3-4-5-14-26-21-12-10-19(29-21)17-8-6-15(27-17)16-7-9-18(28-16)20-11-13-22(30-20)31(23,24)25/h6-13H,2-5,14H2,1H3. The van der Waals surface area contributed by atoms with Crippen LogP contribution in [0.5, 0.6) is 0 Å². The van der Waals surface area contributed by atoms with Gasteiger partial charge in [0.1, 0.15) is 0 Å². The summed E-state index contributed by atoms with van der Waals surface area (Å²) in [6.45, 7) is 2.26. The fourth-order valence-corrected chi connectivity index (χ4v) is 11.0. The van der Waals surface area contributed by atoms with Crippen molar-refractivity contribution < 1.29 is 0 Å². The molecule has 0 spiro atoms. The van der Waals surface area contributed by atoms with Gasteiger partial charge in [-0.3, -0.25) is 0 Å². The van der Waals surface area contributed by atoms with E-state index in [0.717, 1.165) is 4.50 Å². The van der Waals surface area contributed by atoms with Crippen LogP contribution < -0.4 is 4.50 Å². The van der Waals surface area contributed by atoms with Crippen LogP contribution in [0.4, 0.5) is 0 Å². The maximum atomic E-state index is 6.16. The van der Waals surface area contributed by atoms with E-state index in [-0.39, 0.29) is 0 Å². The second kappa shape index (κ2) is 11.1.